The average Bonchev–Trinajstić information content (AvgIpc) is 2.90. The number of thioether (sulfide) groups is 2. The number of nitrogens with one attached hydrogen (secondary N) is 1. The number of hydrogen-bond donors (Lipinski definition) is 1. The lowest BCUT2D eigenvalue weighted by Crippen LogP contribution is -2.27. The zero-order chi connectivity index (χ0) is 11.5. The molecule has 1 aromatic rings. The van der Waals surface area contributed by atoms with Crippen LogP contribution in [0.1, 0.15) is 42.3 Å². The molecule has 0 amide bonds. The smallest absolute Gasteiger partial charge is 0.243 e. The van der Waals surface area contributed by atoms with Crippen LogP contribution in [0.2, 0.25) is 0 Å². The summed E-state index contributed by atoms with van der Waals surface area (Å²) in [4.78, 5) is 4.58. The van der Waals surface area contributed by atoms with Crippen molar-refractivity contribution in [2.75, 3.05) is 23.8 Å². The Morgan fingerprint density at radius 1 is 1.29 bits per heavy atom. The topological polar surface area (TPSA) is 51.0 Å². The van der Waals surface area contributed by atoms with Crippen LogP contribution in [0.15, 0.2) is 4.52 Å². The Bertz CT molecular complexity index is 327. The summed E-state index contributed by atoms with van der Waals surface area (Å²) in [6.07, 6.45) is 3.63. The van der Waals surface area contributed by atoms with Crippen molar-refractivity contribution in [2.45, 2.75) is 30.6 Å². The molecule has 2 aliphatic rings. The molecule has 1 aromatic heterocycles. The Labute approximate surface area is 110 Å². The van der Waals surface area contributed by atoms with Gasteiger partial charge in [-0.15, -0.1) is 11.8 Å². The summed E-state index contributed by atoms with van der Waals surface area (Å²) in [7, 11) is 0. The zero-order valence-corrected chi connectivity index (χ0v) is 11.4. The van der Waals surface area contributed by atoms with Crippen LogP contribution in [0.4, 0.5) is 0 Å². The first-order valence-electron chi connectivity index (χ1n) is 6.20. The van der Waals surface area contributed by atoms with E-state index in [1.54, 1.807) is 0 Å². The minimum absolute atomic E-state index is 0.284. The molecule has 2 aliphatic heterocycles. The SMILES string of the molecule is C1CCC(c2nc(C3CSCCS3)no2)NC1. The van der Waals surface area contributed by atoms with E-state index in [9.17, 15) is 0 Å². The van der Waals surface area contributed by atoms with Crippen LogP contribution in [-0.4, -0.2) is 33.9 Å². The standard InChI is InChI=1S/C11H17N3OS2/c1-2-4-12-8(3-1)11-13-10(14-15-11)9-7-16-5-6-17-9/h8-9,12H,1-7H2. The maximum absolute atomic E-state index is 5.41. The third kappa shape index (κ3) is 2.80. The van der Waals surface area contributed by atoms with E-state index in [0.29, 0.717) is 5.25 Å². The lowest BCUT2D eigenvalue weighted by molar-refractivity contribution is 0.296. The molecule has 2 fully saturated rings. The van der Waals surface area contributed by atoms with Crippen molar-refractivity contribution in [1.29, 1.82) is 0 Å². The van der Waals surface area contributed by atoms with Gasteiger partial charge in [-0.2, -0.15) is 16.7 Å². The molecular formula is C11H17N3OS2. The van der Waals surface area contributed by atoms with E-state index in [1.165, 1.54) is 24.3 Å². The highest BCUT2D eigenvalue weighted by Crippen LogP contribution is 2.35. The molecule has 3 heterocycles. The molecule has 0 saturated carbocycles. The molecular weight excluding hydrogens is 254 g/mol. The summed E-state index contributed by atoms with van der Waals surface area (Å²) >= 11 is 3.93. The third-order valence-corrected chi connectivity index (χ3v) is 5.92. The van der Waals surface area contributed by atoms with E-state index in [0.717, 1.165) is 30.4 Å². The average molecular weight is 271 g/mol. The molecule has 17 heavy (non-hydrogen) atoms. The van der Waals surface area contributed by atoms with Gasteiger partial charge in [0.05, 0.1) is 11.3 Å². The van der Waals surface area contributed by atoms with E-state index < -0.39 is 0 Å². The number of hydrogen-bond acceptors (Lipinski definition) is 6. The fraction of sp³-hybridized carbons (Fsp3) is 0.818. The maximum atomic E-state index is 5.41. The summed E-state index contributed by atoms with van der Waals surface area (Å²) in [5.74, 6) is 5.24. The molecule has 6 heteroatoms. The minimum Gasteiger partial charge on any atom is -0.338 e. The second-order valence-corrected chi connectivity index (χ2v) is 6.89. The van der Waals surface area contributed by atoms with Crippen molar-refractivity contribution in [3.05, 3.63) is 11.7 Å². The molecule has 1 N–H and O–H groups in total. The van der Waals surface area contributed by atoms with Crippen LogP contribution in [0.3, 0.4) is 0 Å². The minimum atomic E-state index is 0.284. The van der Waals surface area contributed by atoms with E-state index in [4.69, 9.17) is 4.52 Å². The fourth-order valence-corrected chi connectivity index (χ4v) is 4.81. The normalized spacial score (nSPS) is 30.4. The highest BCUT2D eigenvalue weighted by Gasteiger charge is 2.25. The van der Waals surface area contributed by atoms with E-state index in [1.807, 2.05) is 23.5 Å². The summed E-state index contributed by atoms with van der Waals surface area (Å²) in [5.41, 5.74) is 0. The van der Waals surface area contributed by atoms with Gasteiger partial charge in [0.25, 0.3) is 0 Å². The Morgan fingerprint density at radius 3 is 3.06 bits per heavy atom. The van der Waals surface area contributed by atoms with Crippen LogP contribution in [0, 0.1) is 0 Å². The molecule has 2 unspecified atom stereocenters. The summed E-state index contributed by atoms with van der Waals surface area (Å²) < 4.78 is 5.41. The predicted octanol–water partition coefficient (Wildman–Crippen LogP) is 2.41. The van der Waals surface area contributed by atoms with Crippen LogP contribution < -0.4 is 5.32 Å². The molecule has 4 nitrogen and oxygen atoms in total. The molecule has 0 bridgehead atoms. The Kier molecular flexibility index (Phi) is 3.93. The van der Waals surface area contributed by atoms with Gasteiger partial charge in [-0.25, -0.2) is 0 Å². The number of aromatic nitrogens is 2. The third-order valence-electron chi connectivity index (χ3n) is 3.17. The number of rotatable bonds is 2. The van der Waals surface area contributed by atoms with Crippen molar-refractivity contribution >= 4 is 23.5 Å². The van der Waals surface area contributed by atoms with Crippen LogP contribution >= 0.6 is 23.5 Å². The van der Waals surface area contributed by atoms with E-state index >= 15 is 0 Å². The number of piperidine rings is 1. The van der Waals surface area contributed by atoms with Gasteiger partial charge in [-0.05, 0) is 19.4 Å². The molecule has 0 aromatic carbocycles. The van der Waals surface area contributed by atoms with Crippen molar-refractivity contribution in [2.24, 2.45) is 0 Å². The van der Waals surface area contributed by atoms with Crippen molar-refractivity contribution in [3.8, 4) is 0 Å². The molecule has 0 radical (unpaired) electrons. The van der Waals surface area contributed by atoms with Crippen LogP contribution in [-0.2, 0) is 0 Å². The molecule has 2 atom stereocenters. The fourth-order valence-electron chi connectivity index (χ4n) is 2.22. The quantitative estimate of drug-likeness (QED) is 0.891. The molecule has 0 aliphatic carbocycles. The highest BCUT2D eigenvalue weighted by atomic mass is 32.2. The molecule has 2 saturated heterocycles. The Hall–Kier alpha value is -0.200. The lowest BCUT2D eigenvalue weighted by atomic mass is 10.1. The van der Waals surface area contributed by atoms with E-state index in [-0.39, 0.29) is 6.04 Å². The first kappa shape index (κ1) is 11.9. The van der Waals surface area contributed by atoms with E-state index in [2.05, 4.69) is 15.5 Å². The molecule has 0 spiro atoms. The summed E-state index contributed by atoms with van der Waals surface area (Å²) in [6.45, 7) is 1.07. The molecule has 3 rings (SSSR count). The van der Waals surface area contributed by atoms with Crippen LogP contribution in [0.5, 0.6) is 0 Å². The first-order chi connectivity index (χ1) is 8.43. The van der Waals surface area contributed by atoms with Crippen LogP contribution in [0.25, 0.3) is 0 Å². The molecule has 94 valence electrons. The zero-order valence-electron chi connectivity index (χ0n) is 9.72. The van der Waals surface area contributed by atoms with Gasteiger partial charge in [0, 0.05) is 17.3 Å². The van der Waals surface area contributed by atoms with Gasteiger partial charge in [-0.3, -0.25) is 0 Å². The Balaban J connectivity index is 1.68. The van der Waals surface area contributed by atoms with Gasteiger partial charge in [0.1, 0.15) is 0 Å². The summed E-state index contributed by atoms with van der Waals surface area (Å²) in [6, 6.07) is 0.284. The van der Waals surface area contributed by atoms with Crippen molar-refractivity contribution < 1.29 is 4.52 Å². The predicted molar refractivity (Wildman–Crippen MR) is 71.4 cm³/mol. The monoisotopic (exact) mass is 271 g/mol. The second-order valence-electron chi connectivity index (χ2n) is 4.43. The van der Waals surface area contributed by atoms with Gasteiger partial charge < -0.3 is 9.84 Å². The second kappa shape index (κ2) is 5.63. The summed E-state index contributed by atoms with van der Waals surface area (Å²) in [5, 5.41) is 8.02. The van der Waals surface area contributed by atoms with Crippen molar-refractivity contribution in [3.63, 3.8) is 0 Å². The van der Waals surface area contributed by atoms with Crippen molar-refractivity contribution in [1.82, 2.24) is 15.5 Å². The number of nitrogens with zero attached hydrogens (tertiary/aromatic N) is 2. The highest BCUT2D eigenvalue weighted by molar-refractivity contribution is 8.06. The Morgan fingerprint density at radius 2 is 2.29 bits per heavy atom. The largest absolute Gasteiger partial charge is 0.338 e. The van der Waals surface area contributed by atoms with Gasteiger partial charge in [0.15, 0.2) is 5.82 Å². The van der Waals surface area contributed by atoms with Gasteiger partial charge in [0.2, 0.25) is 5.89 Å². The van der Waals surface area contributed by atoms with Gasteiger partial charge in [-0.1, -0.05) is 11.6 Å². The first-order valence-corrected chi connectivity index (χ1v) is 8.40. The maximum Gasteiger partial charge on any atom is 0.243 e. The van der Waals surface area contributed by atoms with Gasteiger partial charge >= 0.3 is 0 Å². The lowest BCUT2D eigenvalue weighted by Gasteiger charge is -2.19.